The third-order valence-electron chi connectivity index (χ3n) is 2.35. The molecule has 0 atom stereocenters. The minimum Gasteiger partial charge on any atom is -0.508 e. The molecule has 0 fully saturated rings. The summed E-state index contributed by atoms with van der Waals surface area (Å²) in [4.78, 5) is 11.7. The fraction of sp³-hybridized carbons (Fsp3) is 0. The van der Waals surface area contributed by atoms with Crippen molar-refractivity contribution in [2.45, 2.75) is 0 Å². The van der Waals surface area contributed by atoms with Crippen LogP contribution in [-0.2, 0) is 0 Å². The van der Waals surface area contributed by atoms with E-state index in [0.717, 1.165) is 6.07 Å². The summed E-state index contributed by atoms with van der Waals surface area (Å²) in [7, 11) is 0. The smallest absolute Gasteiger partial charge is 0.255 e. The Morgan fingerprint density at radius 3 is 2.26 bits per heavy atom. The van der Waals surface area contributed by atoms with Crippen molar-refractivity contribution >= 4 is 11.6 Å². The Morgan fingerprint density at radius 1 is 1.05 bits per heavy atom. The second-order valence-electron chi connectivity index (χ2n) is 3.75. The number of phenols is 1. The van der Waals surface area contributed by atoms with E-state index >= 15 is 0 Å². The minimum atomic E-state index is -1.22. The predicted molar refractivity (Wildman–Crippen MR) is 62.4 cm³/mol. The molecule has 2 aromatic carbocycles. The first-order chi connectivity index (χ1) is 8.97. The summed E-state index contributed by atoms with van der Waals surface area (Å²) in [6.45, 7) is 0. The zero-order valence-corrected chi connectivity index (χ0v) is 9.45. The maximum atomic E-state index is 13.3. The Balaban J connectivity index is 2.29. The van der Waals surface area contributed by atoms with Crippen LogP contribution in [0.25, 0.3) is 0 Å². The molecule has 0 saturated heterocycles. The normalized spacial score (nSPS) is 10.3. The zero-order valence-electron chi connectivity index (χ0n) is 9.45. The molecule has 0 radical (unpaired) electrons. The quantitative estimate of drug-likeness (QED) is 0.878. The van der Waals surface area contributed by atoms with Gasteiger partial charge in [0.2, 0.25) is 0 Å². The molecule has 2 rings (SSSR count). The van der Waals surface area contributed by atoms with E-state index in [0.29, 0.717) is 12.1 Å². The third-order valence-corrected chi connectivity index (χ3v) is 2.35. The molecule has 0 spiro atoms. The van der Waals surface area contributed by atoms with Crippen molar-refractivity contribution in [1.82, 2.24) is 0 Å². The number of hydrogen-bond donors (Lipinski definition) is 2. The predicted octanol–water partition coefficient (Wildman–Crippen LogP) is 3.06. The van der Waals surface area contributed by atoms with Gasteiger partial charge in [0.15, 0.2) is 11.6 Å². The lowest BCUT2D eigenvalue weighted by atomic mass is 10.2. The highest BCUT2D eigenvalue weighted by molar-refractivity contribution is 6.04. The van der Waals surface area contributed by atoms with Gasteiger partial charge in [0.25, 0.3) is 5.91 Å². The number of amides is 1. The Kier molecular flexibility index (Phi) is 3.41. The molecule has 2 N–H and O–H groups in total. The van der Waals surface area contributed by atoms with E-state index in [9.17, 15) is 23.1 Å². The molecule has 98 valence electrons. The molecule has 0 saturated carbocycles. The molecule has 0 heterocycles. The van der Waals surface area contributed by atoms with Gasteiger partial charge in [0, 0.05) is 17.7 Å². The Morgan fingerprint density at radius 2 is 1.68 bits per heavy atom. The molecule has 6 heteroatoms. The van der Waals surface area contributed by atoms with Crippen LogP contribution in [0.2, 0.25) is 0 Å². The van der Waals surface area contributed by atoms with Crippen LogP contribution in [0.4, 0.5) is 18.9 Å². The Labute approximate surface area is 106 Å². The second-order valence-corrected chi connectivity index (χ2v) is 3.75. The molecule has 19 heavy (non-hydrogen) atoms. The topological polar surface area (TPSA) is 49.3 Å². The number of benzene rings is 2. The first kappa shape index (κ1) is 12.9. The van der Waals surface area contributed by atoms with Crippen LogP contribution in [0, 0.1) is 17.5 Å². The summed E-state index contributed by atoms with van der Waals surface area (Å²) >= 11 is 0. The number of anilines is 1. The molecule has 2 aromatic rings. The molecule has 0 bridgehead atoms. The van der Waals surface area contributed by atoms with Gasteiger partial charge in [-0.05, 0) is 18.2 Å². The second kappa shape index (κ2) is 5.01. The maximum absolute atomic E-state index is 13.3. The van der Waals surface area contributed by atoms with Crippen LogP contribution in [-0.4, -0.2) is 11.0 Å². The van der Waals surface area contributed by atoms with Crippen LogP contribution in [0.1, 0.15) is 10.4 Å². The van der Waals surface area contributed by atoms with E-state index in [1.54, 1.807) is 0 Å². The van der Waals surface area contributed by atoms with E-state index in [1.807, 2.05) is 5.32 Å². The van der Waals surface area contributed by atoms with Crippen molar-refractivity contribution < 1.29 is 23.1 Å². The molecule has 1 amide bonds. The molecule has 3 nitrogen and oxygen atoms in total. The maximum Gasteiger partial charge on any atom is 0.255 e. The van der Waals surface area contributed by atoms with Crippen molar-refractivity contribution in [2.24, 2.45) is 0 Å². The van der Waals surface area contributed by atoms with Crippen LogP contribution in [0.5, 0.6) is 5.75 Å². The number of nitrogens with one attached hydrogen (secondary N) is 1. The van der Waals surface area contributed by atoms with Crippen molar-refractivity contribution in [2.75, 3.05) is 5.32 Å². The Bertz CT molecular complexity index is 621. The zero-order chi connectivity index (χ0) is 14.0. The van der Waals surface area contributed by atoms with Crippen LogP contribution >= 0.6 is 0 Å². The average Bonchev–Trinajstić information content (AvgIpc) is 2.33. The summed E-state index contributed by atoms with van der Waals surface area (Å²) in [6, 6.07) is 6.16. The van der Waals surface area contributed by atoms with E-state index in [4.69, 9.17) is 0 Å². The van der Waals surface area contributed by atoms with Crippen molar-refractivity contribution in [3.63, 3.8) is 0 Å². The molecule has 0 aliphatic rings. The van der Waals surface area contributed by atoms with E-state index < -0.39 is 29.0 Å². The number of carbonyl (C=O) groups is 1. The molecule has 0 aromatic heterocycles. The number of phenolic OH excluding ortho intramolecular Hbond substituents is 1. The molecular weight excluding hydrogens is 259 g/mol. The highest BCUT2D eigenvalue weighted by Crippen LogP contribution is 2.21. The molecule has 0 aliphatic carbocycles. The van der Waals surface area contributed by atoms with Crippen LogP contribution < -0.4 is 5.32 Å². The van der Waals surface area contributed by atoms with Gasteiger partial charge in [0.05, 0.1) is 0 Å². The summed E-state index contributed by atoms with van der Waals surface area (Å²) < 4.78 is 39.3. The van der Waals surface area contributed by atoms with E-state index in [2.05, 4.69) is 0 Å². The van der Waals surface area contributed by atoms with Gasteiger partial charge in [-0.25, -0.2) is 13.2 Å². The monoisotopic (exact) mass is 267 g/mol. The average molecular weight is 267 g/mol. The number of halogens is 3. The molecular formula is C13H8F3NO2. The lowest BCUT2D eigenvalue weighted by molar-refractivity contribution is 0.102. The van der Waals surface area contributed by atoms with Crippen molar-refractivity contribution in [3.05, 3.63) is 59.4 Å². The SMILES string of the molecule is O=C(Nc1c(F)cc(F)cc1F)c1cccc(O)c1. The lowest BCUT2D eigenvalue weighted by Crippen LogP contribution is -2.14. The number of hydrogen-bond acceptors (Lipinski definition) is 2. The highest BCUT2D eigenvalue weighted by Gasteiger charge is 2.15. The van der Waals surface area contributed by atoms with Crippen molar-refractivity contribution in [3.8, 4) is 5.75 Å². The fourth-order valence-corrected chi connectivity index (χ4v) is 1.49. The van der Waals surface area contributed by atoms with Gasteiger partial charge < -0.3 is 10.4 Å². The largest absolute Gasteiger partial charge is 0.508 e. The summed E-state index contributed by atoms with van der Waals surface area (Å²) in [5, 5.41) is 11.2. The first-order valence-corrected chi connectivity index (χ1v) is 5.22. The number of aromatic hydroxyl groups is 1. The van der Waals surface area contributed by atoms with Gasteiger partial charge in [-0.2, -0.15) is 0 Å². The van der Waals surface area contributed by atoms with Crippen LogP contribution in [0.3, 0.4) is 0 Å². The fourth-order valence-electron chi connectivity index (χ4n) is 1.49. The first-order valence-electron chi connectivity index (χ1n) is 5.22. The summed E-state index contributed by atoms with van der Waals surface area (Å²) in [5.41, 5.74) is -0.724. The third kappa shape index (κ3) is 2.85. The summed E-state index contributed by atoms with van der Waals surface area (Å²) in [5.74, 6) is -4.49. The Hall–Kier alpha value is -2.50. The minimum absolute atomic E-state index is 0.0168. The summed E-state index contributed by atoms with van der Waals surface area (Å²) in [6.07, 6.45) is 0. The van der Waals surface area contributed by atoms with E-state index in [-0.39, 0.29) is 11.3 Å². The van der Waals surface area contributed by atoms with Gasteiger partial charge in [-0.15, -0.1) is 0 Å². The van der Waals surface area contributed by atoms with Gasteiger partial charge in [0.1, 0.15) is 17.3 Å². The van der Waals surface area contributed by atoms with Gasteiger partial charge in [-0.3, -0.25) is 4.79 Å². The van der Waals surface area contributed by atoms with E-state index in [1.165, 1.54) is 18.2 Å². The number of rotatable bonds is 2. The standard InChI is InChI=1S/C13H8F3NO2/c14-8-5-10(15)12(11(16)6-8)17-13(19)7-2-1-3-9(18)4-7/h1-6,18H,(H,17,19). The molecule has 0 unspecified atom stereocenters. The van der Waals surface area contributed by atoms with Gasteiger partial charge >= 0.3 is 0 Å². The highest BCUT2D eigenvalue weighted by atomic mass is 19.1. The number of carbonyl (C=O) groups excluding carboxylic acids is 1. The van der Waals surface area contributed by atoms with Gasteiger partial charge in [-0.1, -0.05) is 6.07 Å². The molecule has 0 aliphatic heterocycles. The lowest BCUT2D eigenvalue weighted by Gasteiger charge is -2.08. The van der Waals surface area contributed by atoms with Crippen LogP contribution in [0.15, 0.2) is 36.4 Å². The van der Waals surface area contributed by atoms with Crippen molar-refractivity contribution in [1.29, 1.82) is 0 Å².